The van der Waals surface area contributed by atoms with Crippen molar-refractivity contribution in [3.05, 3.63) is 59.2 Å². The zero-order chi connectivity index (χ0) is 23.4. The molecule has 176 valence electrons. The summed E-state index contributed by atoms with van der Waals surface area (Å²) in [5.74, 6) is -0.184. The van der Waals surface area contributed by atoms with Crippen LogP contribution < -0.4 is 5.32 Å². The van der Waals surface area contributed by atoms with Gasteiger partial charge in [-0.3, -0.25) is 14.6 Å². The van der Waals surface area contributed by atoms with E-state index in [2.05, 4.69) is 48.7 Å². The zero-order valence-electron chi connectivity index (χ0n) is 20.0. The number of aliphatic imine (C=N–C) groups is 1. The Morgan fingerprint density at radius 1 is 1.12 bits per heavy atom. The number of ether oxygens (including phenoxy) is 1. The van der Waals surface area contributed by atoms with Gasteiger partial charge in [-0.05, 0) is 82.3 Å². The molecule has 1 aromatic rings. The highest BCUT2D eigenvalue weighted by Crippen LogP contribution is 2.44. The molecule has 0 heterocycles. The summed E-state index contributed by atoms with van der Waals surface area (Å²) >= 11 is 0. The van der Waals surface area contributed by atoms with Gasteiger partial charge in [-0.2, -0.15) is 0 Å². The number of carbonyl (C=O) groups excluding carboxylic acids is 2. The number of hydrogen-bond acceptors (Lipinski definition) is 4. The Hall–Kier alpha value is -2.69. The molecule has 0 radical (unpaired) electrons. The summed E-state index contributed by atoms with van der Waals surface area (Å²) in [6.45, 7) is 6.25. The van der Waals surface area contributed by atoms with Crippen molar-refractivity contribution in [2.75, 3.05) is 6.61 Å². The molecule has 5 atom stereocenters. The number of nitrogens with one attached hydrogen (secondary N) is 1. The Labute approximate surface area is 197 Å². The van der Waals surface area contributed by atoms with Crippen LogP contribution in [0, 0.1) is 17.8 Å². The quantitative estimate of drug-likeness (QED) is 0.369. The second kappa shape index (κ2) is 10.5. The summed E-state index contributed by atoms with van der Waals surface area (Å²) in [5, 5.41) is 3.21. The molecule has 4 rings (SSSR count). The Balaban J connectivity index is 1.50. The Bertz CT molecular complexity index is 963. The van der Waals surface area contributed by atoms with Crippen LogP contribution in [-0.4, -0.2) is 36.3 Å². The third-order valence-electron chi connectivity index (χ3n) is 7.30. The lowest BCUT2D eigenvalue weighted by molar-refractivity contribution is -0.149. The summed E-state index contributed by atoms with van der Waals surface area (Å²) < 4.78 is 5.32. The van der Waals surface area contributed by atoms with Crippen molar-refractivity contribution >= 4 is 17.6 Å². The van der Waals surface area contributed by atoms with Crippen molar-refractivity contribution < 1.29 is 14.3 Å². The number of esters is 1. The zero-order valence-corrected chi connectivity index (χ0v) is 20.0. The molecule has 2 unspecified atom stereocenters. The maximum atomic E-state index is 13.3. The summed E-state index contributed by atoms with van der Waals surface area (Å²) in [6.07, 6.45) is 10.0. The number of benzene rings is 1. The van der Waals surface area contributed by atoms with E-state index in [0.29, 0.717) is 6.61 Å². The average Bonchev–Trinajstić information content (AvgIpc) is 3.41. The number of hydrogen-bond donors (Lipinski definition) is 1. The minimum absolute atomic E-state index is 0.0736. The van der Waals surface area contributed by atoms with Gasteiger partial charge in [0.1, 0.15) is 0 Å². The van der Waals surface area contributed by atoms with Gasteiger partial charge in [-0.15, -0.1) is 0 Å². The molecule has 3 aliphatic carbocycles. The van der Waals surface area contributed by atoms with E-state index in [1.54, 1.807) is 0 Å². The fourth-order valence-corrected chi connectivity index (χ4v) is 5.68. The minimum atomic E-state index is -0.285. The van der Waals surface area contributed by atoms with Crippen LogP contribution in [0.5, 0.6) is 0 Å². The van der Waals surface area contributed by atoms with Gasteiger partial charge in [0.2, 0.25) is 5.91 Å². The van der Waals surface area contributed by atoms with Crippen LogP contribution in [0.1, 0.15) is 58.4 Å². The van der Waals surface area contributed by atoms with E-state index in [1.807, 2.05) is 19.9 Å². The summed E-state index contributed by atoms with van der Waals surface area (Å²) in [6, 6.07) is 10.4. The molecule has 33 heavy (non-hydrogen) atoms. The molecule has 2 bridgehead atoms. The van der Waals surface area contributed by atoms with Gasteiger partial charge in [0.15, 0.2) is 0 Å². The van der Waals surface area contributed by atoms with Crippen LogP contribution in [0.3, 0.4) is 0 Å². The first-order chi connectivity index (χ1) is 16.0. The van der Waals surface area contributed by atoms with Crippen LogP contribution in [0.4, 0.5) is 0 Å². The molecule has 1 amide bonds. The van der Waals surface area contributed by atoms with Crippen LogP contribution >= 0.6 is 0 Å². The number of allylic oxidation sites excluding steroid dienone is 2. The van der Waals surface area contributed by atoms with Crippen molar-refractivity contribution in [2.24, 2.45) is 22.7 Å². The van der Waals surface area contributed by atoms with Crippen LogP contribution in [0.15, 0.2) is 58.6 Å². The molecule has 3 aliphatic rings. The molecule has 1 aromatic carbocycles. The lowest BCUT2D eigenvalue weighted by Crippen LogP contribution is -2.46. The van der Waals surface area contributed by atoms with E-state index in [-0.39, 0.29) is 41.7 Å². The standard InChI is InChI=1S/C28H36N2O3/c1-4-33-28(32)25-21-14-15-22(17-21)26(25)30-27(31)19(3)23-12-8-9-13-24(23)29-18(2)16-20-10-6-5-7-11-20/h5-7,10-11,14-15,18,21-22,25-26H,4,8-9,12-13,16-17H2,1-3H3,(H,30,31)/b23-19+,29-24?/t18-,21?,22?,25+,26-/m1/s1. The highest BCUT2D eigenvalue weighted by atomic mass is 16.5. The first-order valence-corrected chi connectivity index (χ1v) is 12.4. The van der Waals surface area contributed by atoms with Crippen LogP contribution in [0.2, 0.25) is 0 Å². The molecular formula is C28H36N2O3. The molecule has 0 saturated heterocycles. The predicted octanol–water partition coefficient (Wildman–Crippen LogP) is 4.82. The lowest BCUT2D eigenvalue weighted by atomic mass is 9.87. The van der Waals surface area contributed by atoms with E-state index in [1.165, 1.54) is 5.56 Å². The van der Waals surface area contributed by atoms with Gasteiger partial charge in [0.25, 0.3) is 0 Å². The molecule has 0 aliphatic heterocycles. The van der Waals surface area contributed by atoms with Gasteiger partial charge < -0.3 is 10.1 Å². The summed E-state index contributed by atoms with van der Waals surface area (Å²) in [7, 11) is 0. The molecule has 5 heteroatoms. The number of amides is 1. The minimum Gasteiger partial charge on any atom is -0.466 e. The third-order valence-corrected chi connectivity index (χ3v) is 7.30. The molecule has 1 N–H and O–H groups in total. The third kappa shape index (κ3) is 5.29. The molecule has 0 aromatic heterocycles. The van der Waals surface area contributed by atoms with E-state index in [0.717, 1.165) is 55.4 Å². The van der Waals surface area contributed by atoms with Crippen molar-refractivity contribution in [3.8, 4) is 0 Å². The molecule has 0 spiro atoms. The molecule has 5 nitrogen and oxygen atoms in total. The average molecular weight is 449 g/mol. The fourth-order valence-electron chi connectivity index (χ4n) is 5.68. The molecule has 2 fully saturated rings. The van der Waals surface area contributed by atoms with Gasteiger partial charge >= 0.3 is 5.97 Å². The smallest absolute Gasteiger partial charge is 0.311 e. The second-order valence-corrected chi connectivity index (χ2v) is 9.65. The summed E-state index contributed by atoms with van der Waals surface area (Å²) in [5.41, 5.74) is 4.19. The van der Waals surface area contributed by atoms with Crippen LogP contribution in [0.25, 0.3) is 0 Å². The molecular weight excluding hydrogens is 412 g/mol. The van der Waals surface area contributed by atoms with Gasteiger partial charge in [0.05, 0.1) is 18.6 Å². The number of nitrogens with zero attached hydrogens (tertiary/aromatic N) is 1. The first-order valence-electron chi connectivity index (χ1n) is 12.4. The number of fused-ring (bicyclic) bond motifs is 2. The van der Waals surface area contributed by atoms with Crippen molar-refractivity contribution in [3.63, 3.8) is 0 Å². The Kier molecular flexibility index (Phi) is 7.46. The van der Waals surface area contributed by atoms with E-state index < -0.39 is 0 Å². The van der Waals surface area contributed by atoms with Crippen LogP contribution in [-0.2, 0) is 20.7 Å². The fraction of sp³-hybridized carbons (Fsp3) is 0.536. The predicted molar refractivity (Wildman–Crippen MR) is 131 cm³/mol. The molecule has 2 saturated carbocycles. The van der Waals surface area contributed by atoms with Gasteiger partial charge in [0, 0.05) is 17.3 Å². The normalized spacial score (nSPS) is 29.7. The maximum Gasteiger partial charge on any atom is 0.311 e. The largest absolute Gasteiger partial charge is 0.466 e. The van der Waals surface area contributed by atoms with E-state index in [9.17, 15) is 9.59 Å². The Morgan fingerprint density at radius 2 is 1.85 bits per heavy atom. The van der Waals surface area contributed by atoms with Crippen molar-refractivity contribution in [1.82, 2.24) is 5.32 Å². The number of rotatable bonds is 7. The van der Waals surface area contributed by atoms with E-state index >= 15 is 0 Å². The topological polar surface area (TPSA) is 67.8 Å². The van der Waals surface area contributed by atoms with Crippen molar-refractivity contribution in [2.45, 2.75) is 71.4 Å². The highest BCUT2D eigenvalue weighted by molar-refractivity contribution is 6.08. The number of carbonyl (C=O) groups is 2. The maximum absolute atomic E-state index is 13.3. The van der Waals surface area contributed by atoms with Crippen molar-refractivity contribution in [1.29, 1.82) is 0 Å². The Morgan fingerprint density at radius 3 is 2.61 bits per heavy atom. The summed E-state index contributed by atoms with van der Waals surface area (Å²) in [4.78, 5) is 31.0. The second-order valence-electron chi connectivity index (χ2n) is 9.65. The first kappa shape index (κ1) is 23.5. The van der Waals surface area contributed by atoms with E-state index in [4.69, 9.17) is 9.73 Å². The monoisotopic (exact) mass is 448 g/mol. The van der Waals surface area contributed by atoms with Gasteiger partial charge in [-0.1, -0.05) is 42.5 Å². The lowest BCUT2D eigenvalue weighted by Gasteiger charge is -2.28. The SMILES string of the molecule is CCOC(=O)[C@H]1C2C=CC(C2)[C@H]1NC(=O)/C(C)=C1\CCCCC1=N[C@H](C)Cc1ccccc1. The highest BCUT2D eigenvalue weighted by Gasteiger charge is 2.49. The van der Waals surface area contributed by atoms with Gasteiger partial charge in [-0.25, -0.2) is 0 Å².